The van der Waals surface area contributed by atoms with E-state index in [1.807, 2.05) is 55.5 Å². The van der Waals surface area contributed by atoms with Gasteiger partial charge in [0.15, 0.2) is 0 Å². The molecule has 1 unspecified atom stereocenters. The number of fused-ring (bicyclic) bond motifs is 1. The number of nitrogens with zero attached hydrogens (tertiary/aromatic N) is 7. The van der Waals surface area contributed by atoms with Gasteiger partial charge in [0, 0.05) is 18.0 Å². The normalized spacial score (nSPS) is 11.6. The summed E-state index contributed by atoms with van der Waals surface area (Å²) in [4.78, 5) is 35.4. The van der Waals surface area contributed by atoms with Gasteiger partial charge in [-0.1, -0.05) is 30.3 Å². The third-order valence-electron chi connectivity index (χ3n) is 5.79. The van der Waals surface area contributed by atoms with E-state index >= 15 is 0 Å². The maximum atomic E-state index is 14.1. The van der Waals surface area contributed by atoms with Gasteiger partial charge >= 0.3 is 6.01 Å². The second-order valence-corrected chi connectivity index (χ2v) is 8.06. The van der Waals surface area contributed by atoms with Gasteiger partial charge in [-0.25, -0.2) is 24.9 Å². The van der Waals surface area contributed by atoms with Gasteiger partial charge in [-0.3, -0.25) is 9.36 Å². The Balaban J connectivity index is 1.73. The van der Waals surface area contributed by atoms with E-state index in [1.165, 1.54) is 13.4 Å². The molecule has 3 aromatic heterocycles. The minimum atomic E-state index is -0.535. The highest BCUT2D eigenvalue weighted by Crippen LogP contribution is 2.28. The molecular weight excluding hydrogens is 470 g/mol. The minimum Gasteiger partial charge on any atom is -0.467 e. The van der Waals surface area contributed by atoms with Crippen LogP contribution in [-0.2, 0) is 0 Å². The molecule has 2 aromatic carbocycles. The average Bonchev–Trinajstić information content (AvgIpc) is 2.93. The highest BCUT2D eigenvalue weighted by atomic mass is 16.5. The van der Waals surface area contributed by atoms with Crippen LogP contribution in [0, 0.1) is 11.3 Å². The fourth-order valence-corrected chi connectivity index (χ4v) is 4.05. The Morgan fingerprint density at radius 3 is 2.51 bits per heavy atom. The number of nitrogens with one attached hydrogen (secondary N) is 1. The highest BCUT2D eigenvalue weighted by molar-refractivity contribution is 5.94. The van der Waals surface area contributed by atoms with Gasteiger partial charge in [-0.2, -0.15) is 5.26 Å². The number of methoxy groups -OCH3 is 1. The molecule has 0 aliphatic rings. The van der Waals surface area contributed by atoms with Crippen molar-refractivity contribution < 1.29 is 4.74 Å². The fraction of sp³-hybridized carbons (Fsp3) is 0.115. The lowest BCUT2D eigenvalue weighted by atomic mass is 10.0. The van der Waals surface area contributed by atoms with E-state index in [1.54, 1.807) is 23.0 Å². The largest absolute Gasteiger partial charge is 0.467 e. The maximum Gasteiger partial charge on any atom is 0.316 e. The maximum absolute atomic E-state index is 14.1. The van der Waals surface area contributed by atoms with E-state index < -0.39 is 6.04 Å². The molecule has 3 N–H and O–H groups in total. The number of anilines is 2. The lowest BCUT2D eigenvalue weighted by Gasteiger charge is -2.21. The van der Waals surface area contributed by atoms with Crippen molar-refractivity contribution in [1.82, 2.24) is 29.5 Å². The lowest BCUT2D eigenvalue weighted by Crippen LogP contribution is -2.28. The molecule has 0 saturated heterocycles. The second kappa shape index (κ2) is 9.71. The van der Waals surface area contributed by atoms with Crippen molar-refractivity contribution >= 4 is 22.5 Å². The predicted octanol–water partition coefficient (Wildman–Crippen LogP) is 3.27. The van der Waals surface area contributed by atoms with Gasteiger partial charge in [-0.15, -0.1) is 0 Å². The summed E-state index contributed by atoms with van der Waals surface area (Å²) in [6, 6.07) is 16.4. The molecule has 1 atom stereocenters. The van der Waals surface area contributed by atoms with Crippen LogP contribution in [0.15, 0.2) is 72.0 Å². The zero-order chi connectivity index (χ0) is 25.9. The first-order valence-electron chi connectivity index (χ1n) is 11.3. The number of para-hydroxylation sites is 1. The quantitative estimate of drug-likeness (QED) is 0.361. The average molecular weight is 492 g/mol. The predicted molar refractivity (Wildman–Crippen MR) is 138 cm³/mol. The van der Waals surface area contributed by atoms with Gasteiger partial charge in [0.1, 0.15) is 35.4 Å². The van der Waals surface area contributed by atoms with Crippen LogP contribution in [0.5, 0.6) is 6.01 Å². The number of nitriles is 1. The van der Waals surface area contributed by atoms with Gasteiger partial charge in [-0.05, 0) is 30.7 Å². The number of hydrogen-bond acceptors (Lipinski definition) is 10. The Kier molecular flexibility index (Phi) is 6.13. The molecule has 0 aliphatic carbocycles. The molecular formula is C26H21N9O2. The summed E-state index contributed by atoms with van der Waals surface area (Å²) < 4.78 is 6.61. The molecule has 182 valence electrons. The molecule has 0 amide bonds. The molecule has 0 fully saturated rings. The van der Waals surface area contributed by atoms with Crippen LogP contribution in [0.3, 0.4) is 0 Å². The number of hydrogen-bond donors (Lipinski definition) is 2. The van der Waals surface area contributed by atoms with Gasteiger partial charge in [0.05, 0.1) is 29.7 Å². The van der Waals surface area contributed by atoms with Crippen molar-refractivity contribution in [2.24, 2.45) is 0 Å². The number of benzene rings is 2. The van der Waals surface area contributed by atoms with Crippen molar-refractivity contribution in [3.8, 4) is 28.9 Å². The summed E-state index contributed by atoms with van der Waals surface area (Å²) >= 11 is 0. The molecule has 11 heteroatoms. The monoisotopic (exact) mass is 491 g/mol. The molecule has 0 aliphatic heterocycles. The van der Waals surface area contributed by atoms with Crippen molar-refractivity contribution in [3.05, 3.63) is 89.0 Å². The Hall–Kier alpha value is -5.37. The Morgan fingerprint density at radius 1 is 1.05 bits per heavy atom. The van der Waals surface area contributed by atoms with Gasteiger partial charge in [0.2, 0.25) is 0 Å². The summed E-state index contributed by atoms with van der Waals surface area (Å²) in [5, 5.41) is 13.1. The fourth-order valence-electron chi connectivity index (χ4n) is 4.05. The summed E-state index contributed by atoms with van der Waals surface area (Å²) in [6.07, 6.45) is 4.48. The smallest absolute Gasteiger partial charge is 0.316 e. The van der Waals surface area contributed by atoms with E-state index in [4.69, 9.17) is 15.5 Å². The zero-order valence-electron chi connectivity index (χ0n) is 20.0. The first kappa shape index (κ1) is 23.4. The molecule has 11 nitrogen and oxygen atoms in total. The van der Waals surface area contributed by atoms with E-state index in [9.17, 15) is 10.1 Å². The summed E-state index contributed by atoms with van der Waals surface area (Å²) in [5.41, 5.74) is 8.13. The van der Waals surface area contributed by atoms with E-state index in [-0.39, 0.29) is 28.8 Å². The molecule has 0 spiro atoms. The van der Waals surface area contributed by atoms with Crippen LogP contribution in [0.4, 0.5) is 11.6 Å². The zero-order valence-corrected chi connectivity index (χ0v) is 20.0. The lowest BCUT2D eigenvalue weighted by molar-refractivity contribution is 0.380. The first-order valence-corrected chi connectivity index (χ1v) is 11.3. The molecule has 37 heavy (non-hydrogen) atoms. The molecule has 0 radical (unpaired) electrons. The molecule has 0 bridgehead atoms. The first-order chi connectivity index (χ1) is 18.0. The van der Waals surface area contributed by atoms with Crippen molar-refractivity contribution in [3.63, 3.8) is 0 Å². The van der Waals surface area contributed by atoms with E-state index in [2.05, 4.69) is 25.3 Å². The third-order valence-corrected chi connectivity index (χ3v) is 5.79. The summed E-state index contributed by atoms with van der Waals surface area (Å²) in [6.45, 7) is 1.83. The standard InChI is InChI=1S/C26H21N9O2/c1-15(33-23-19(11-27)22(28)31-14-32-23)24-34-20-10-6-9-18(16-12-29-26(37-2)30-13-16)21(20)25(36)35(24)17-7-4-3-5-8-17/h3-10,12-15H,1-2H3,(H3,28,31,32,33). The van der Waals surface area contributed by atoms with Crippen LogP contribution < -0.4 is 21.3 Å². The van der Waals surface area contributed by atoms with E-state index in [0.717, 1.165) is 0 Å². The third kappa shape index (κ3) is 4.28. The number of aromatic nitrogens is 6. The van der Waals surface area contributed by atoms with Crippen molar-refractivity contribution in [2.75, 3.05) is 18.2 Å². The SMILES string of the molecule is COc1ncc(-c2cccc3nc(C(C)Nc4ncnc(N)c4C#N)n(-c4ccccc4)c(=O)c23)cn1. The van der Waals surface area contributed by atoms with Crippen LogP contribution >= 0.6 is 0 Å². The molecule has 5 rings (SSSR count). The number of ether oxygens (including phenoxy) is 1. The summed E-state index contributed by atoms with van der Waals surface area (Å²) in [5.74, 6) is 0.735. The Morgan fingerprint density at radius 2 is 1.81 bits per heavy atom. The number of nitrogens with two attached hydrogens (primary N) is 1. The van der Waals surface area contributed by atoms with Gasteiger partial charge in [0.25, 0.3) is 5.56 Å². The Bertz CT molecular complexity index is 1690. The second-order valence-electron chi connectivity index (χ2n) is 8.06. The molecule has 0 saturated carbocycles. The van der Waals surface area contributed by atoms with Gasteiger partial charge < -0.3 is 15.8 Å². The van der Waals surface area contributed by atoms with Crippen LogP contribution in [0.1, 0.15) is 24.4 Å². The summed E-state index contributed by atoms with van der Waals surface area (Å²) in [7, 11) is 1.49. The van der Waals surface area contributed by atoms with Crippen LogP contribution in [-0.4, -0.2) is 36.6 Å². The minimum absolute atomic E-state index is 0.0606. The highest BCUT2D eigenvalue weighted by Gasteiger charge is 2.22. The van der Waals surface area contributed by atoms with Crippen LogP contribution in [0.25, 0.3) is 27.7 Å². The van der Waals surface area contributed by atoms with E-state index in [0.29, 0.717) is 33.5 Å². The topological polar surface area (TPSA) is 158 Å². The molecule has 5 aromatic rings. The van der Waals surface area contributed by atoms with Crippen molar-refractivity contribution in [1.29, 1.82) is 5.26 Å². The van der Waals surface area contributed by atoms with Crippen molar-refractivity contribution in [2.45, 2.75) is 13.0 Å². The Labute approximate surface area is 211 Å². The van der Waals surface area contributed by atoms with Crippen LogP contribution in [0.2, 0.25) is 0 Å². The number of rotatable bonds is 6. The molecule has 3 heterocycles. The number of nitrogen functional groups attached to an aromatic ring is 1.